The van der Waals surface area contributed by atoms with Crippen LogP contribution in [-0.2, 0) is 0 Å². The number of fused-ring (bicyclic) bond motifs is 2. The molecule has 3 aromatic heterocycles. The summed E-state index contributed by atoms with van der Waals surface area (Å²) in [6.45, 7) is 0. The van der Waals surface area contributed by atoms with E-state index in [1.165, 1.54) is 5.39 Å². The Balaban J connectivity index is 1.69. The Kier molecular flexibility index (Phi) is 2.46. The Hall–Kier alpha value is -3.27. The second kappa shape index (κ2) is 4.61. The number of rotatable bonds is 2. The molecular formula is C19H13N4. The predicted molar refractivity (Wildman–Crippen MR) is 92.0 cm³/mol. The summed E-state index contributed by atoms with van der Waals surface area (Å²) in [6.07, 6.45) is 5.14. The molecule has 5 rings (SSSR count). The van der Waals surface area contributed by atoms with Gasteiger partial charge in [0, 0.05) is 33.9 Å². The molecule has 5 aromatic rings. The van der Waals surface area contributed by atoms with Crippen molar-refractivity contribution in [2.75, 3.05) is 0 Å². The molecular weight excluding hydrogens is 284 g/mol. The molecule has 0 bridgehead atoms. The van der Waals surface area contributed by atoms with E-state index in [1.807, 2.05) is 42.6 Å². The van der Waals surface area contributed by atoms with Crippen molar-refractivity contribution in [1.29, 1.82) is 0 Å². The minimum absolute atomic E-state index is 0.845. The monoisotopic (exact) mass is 297 g/mol. The molecule has 0 unspecified atom stereocenters. The summed E-state index contributed by atoms with van der Waals surface area (Å²) in [5, 5.41) is 1.19. The number of aromatic nitrogens is 4. The van der Waals surface area contributed by atoms with Gasteiger partial charge in [0.25, 0.3) is 0 Å². The molecule has 23 heavy (non-hydrogen) atoms. The topological polar surface area (TPSA) is 60.3 Å². The number of nitrogens with one attached hydrogen (secondary N) is 3. The third kappa shape index (κ3) is 1.89. The van der Waals surface area contributed by atoms with Crippen LogP contribution >= 0.6 is 0 Å². The molecule has 109 valence electrons. The summed E-state index contributed by atoms with van der Waals surface area (Å²) in [4.78, 5) is 14.6. The molecule has 0 aliphatic carbocycles. The van der Waals surface area contributed by atoms with E-state index < -0.39 is 0 Å². The van der Waals surface area contributed by atoms with Gasteiger partial charge in [0.15, 0.2) is 0 Å². The van der Waals surface area contributed by atoms with Crippen molar-refractivity contribution in [3.8, 4) is 22.6 Å². The fraction of sp³-hybridized carbons (Fsp3) is 0. The maximum Gasteiger partial charge on any atom is 0.140 e. The van der Waals surface area contributed by atoms with Crippen molar-refractivity contribution in [1.82, 2.24) is 19.9 Å². The molecule has 0 amide bonds. The van der Waals surface area contributed by atoms with Crippen molar-refractivity contribution in [2.45, 2.75) is 0 Å². The molecule has 0 atom stereocenters. The molecule has 4 heteroatoms. The molecule has 0 fully saturated rings. The normalized spacial score (nSPS) is 11.5. The average molecular weight is 297 g/mol. The van der Waals surface area contributed by atoms with Gasteiger partial charge in [-0.15, -0.1) is 0 Å². The lowest BCUT2D eigenvalue weighted by atomic mass is 10.1. The smallest absolute Gasteiger partial charge is 0.140 e. The Morgan fingerprint density at radius 2 is 1.70 bits per heavy atom. The molecule has 0 saturated heterocycles. The third-order valence-corrected chi connectivity index (χ3v) is 4.13. The van der Waals surface area contributed by atoms with E-state index in [-0.39, 0.29) is 0 Å². The average Bonchev–Trinajstić information content (AvgIpc) is 3.30. The Bertz CT molecular complexity index is 972. The number of hydrogen-bond acceptors (Lipinski definition) is 1. The molecule has 0 aliphatic rings. The number of para-hydroxylation sites is 3. The number of benzene rings is 2. The van der Waals surface area contributed by atoms with Gasteiger partial charge in [0.05, 0.1) is 17.2 Å². The Labute approximate surface area is 132 Å². The van der Waals surface area contributed by atoms with Crippen LogP contribution in [0.4, 0.5) is 0 Å². The van der Waals surface area contributed by atoms with Crippen molar-refractivity contribution in [3.63, 3.8) is 0 Å². The summed E-state index contributed by atoms with van der Waals surface area (Å²) < 4.78 is 0. The van der Waals surface area contributed by atoms with Gasteiger partial charge in [0.2, 0.25) is 0 Å². The van der Waals surface area contributed by atoms with Gasteiger partial charge in [-0.1, -0.05) is 30.3 Å². The highest BCUT2D eigenvalue weighted by Gasteiger charge is 2.14. The molecule has 3 heterocycles. The van der Waals surface area contributed by atoms with Gasteiger partial charge in [-0.05, 0) is 24.3 Å². The van der Waals surface area contributed by atoms with Gasteiger partial charge in [-0.2, -0.15) is 0 Å². The maximum atomic E-state index is 4.69. The first-order valence-electron chi connectivity index (χ1n) is 7.51. The van der Waals surface area contributed by atoms with Gasteiger partial charge in [0.1, 0.15) is 5.82 Å². The molecule has 1 radical (unpaired) electrons. The van der Waals surface area contributed by atoms with Crippen molar-refractivity contribution < 1.29 is 0 Å². The summed E-state index contributed by atoms with van der Waals surface area (Å²) in [5.41, 5.74) is 6.14. The zero-order chi connectivity index (χ0) is 15.2. The second-order valence-corrected chi connectivity index (χ2v) is 5.58. The van der Waals surface area contributed by atoms with E-state index >= 15 is 0 Å². The van der Waals surface area contributed by atoms with Crippen LogP contribution in [0.2, 0.25) is 0 Å². The van der Waals surface area contributed by atoms with Crippen molar-refractivity contribution >= 4 is 21.9 Å². The zero-order valence-corrected chi connectivity index (χ0v) is 12.2. The first kappa shape index (κ1) is 12.3. The molecule has 3 N–H and O–H groups in total. The van der Waals surface area contributed by atoms with E-state index in [2.05, 4.69) is 44.3 Å². The third-order valence-electron chi connectivity index (χ3n) is 4.13. The number of hydrogen-bond donors (Lipinski definition) is 3. The SMILES string of the molecule is [c]1[nH]cc(-c2nc3ccccc3[nH]2)c1-c1cc2ccccc2[nH]1. The van der Waals surface area contributed by atoms with E-state index in [1.54, 1.807) is 0 Å². The van der Waals surface area contributed by atoms with Crippen molar-refractivity contribution in [2.24, 2.45) is 0 Å². The van der Waals surface area contributed by atoms with E-state index in [4.69, 9.17) is 0 Å². The molecule has 0 saturated carbocycles. The minimum atomic E-state index is 0.845. The Morgan fingerprint density at radius 3 is 2.57 bits per heavy atom. The summed E-state index contributed by atoms with van der Waals surface area (Å²) in [5.74, 6) is 0.845. The highest BCUT2D eigenvalue weighted by Crippen LogP contribution is 2.32. The highest BCUT2D eigenvalue weighted by atomic mass is 14.9. The fourth-order valence-corrected chi connectivity index (χ4v) is 3.01. The highest BCUT2D eigenvalue weighted by molar-refractivity contribution is 5.90. The standard InChI is InChI=1S/C19H13N4/c1-2-6-15-12(5-1)9-18(21-15)13-10-20-11-14(13)19-22-16-7-3-4-8-17(16)23-19/h1-9,11,20-21H,(H,22,23). The van der Waals surface area contributed by atoms with Crippen LogP contribution in [0.25, 0.3) is 44.6 Å². The van der Waals surface area contributed by atoms with Crippen LogP contribution in [0.3, 0.4) is 0 Å². The van der Waals surface area contributed by atoms with Gasteiger partial charge >= 0.3 is 0 Å². The molecule has 0 spiro atoms. The lowest BCUT2D eigenvalue weighted by molar-refractivity contribution is 1.33. The maximum absolute atomic E-state index is 4.69. The Morgan fingerprint density at radius 1 is 0.870 bits per heavy atom. The van der Waals surface area contributed by atoms with Gasteiger partial charge in [-0.3, -0.25) is 0 Å². The lowest BCUT2D eigenvalue weighted by Gasteiger charge is -1.97. The van der Waals surface area contributed by atoms with Crippen LogP contribution in [-0.4, -0.2) is 19.9 Å². The zero-order valence-electron chi connectivity index (χ0n) is 12.2. The van der Waals surface area contributed by atoms with Crippen LogP contribution in [0, 0.1) is 6.20 Å². The number of imidazole rings is 1. The first-order valence-corrected chi connectivity index (χ1v) is 7.51. The molecule has 0 aliphatic heterocycles. The largest absolute Gasteiger partial charge is 0.359 e. The fourth-order valence-electron chi connectivity index (χ4n) is 3.01. The quantitative estimate of drug-likeness (QED) is 0.441. The number of aromatic amines is 3. The second-order valence-electron chi connectivity index (χ2n) is 5.58. The summed E-state index contributed by atoms with van der Waals surface area (Å²) >= 11 is 0. The van der Waals surface area contributed by atoms with Crippen LogP contribution < -0.4 is 0 Å². The van der Waals surface area contributed by atoms with E-state index in [9.17, 15) is 0 Å². The first-order chi connectivity index (χ1) is 11.4. The summed E-state index contributed by atoms with van der Waals surface area (Å²) in [7, 11) is 0. The molecule has 2 aromatic carbocycles. The predicted octanol–water partition coefficient (Wildman–Crippen LogP) is 4.51. The summed E-state index contributed by atoms with van der Waals surface area (Å²) in [6, 6.07) is 18.4. The van der Waals surface area contributed by atoms with Crippen LogP contribution in [0.5, 0.6) is 0 Å². The van der Waals surface area contributed by atoms with Crippen molar-refractivity contribution in [3.05, 3.63) is 67.0 Å². The van der Waals surface area contributed by atoms with Crippen LogP contribution in [0.15, 0.2) is 60.8 Å². The van der Waals surface area contributed by atoms with Gasteiger partial charge < -0.3 is 15.0 Å². The van der Waals surface area contributed by atoms with E-state index in [0.29, 0.717) is 0 Å². The van der Waals surface area contributed by atoms with Gasteiger partial charge in [-0.25, -0.2) is 4.98 Å². The van der Waals surface area contributed by atoms with E-state index in [0.717, 1.165) is 39.2 Å². The minimum Gasteiger partial charge on any atom is -0.359 e. The number of nitrogens with zero attached hydrogens (tertiary/aromatic N) is 1. The lowest BCUT2D eigenvalue weighted by Crippen LogP contribution is -1.82. The number of H-pyrrole nitrogens is 3. The molecule has 4 nitrogen and oxygen atoms in total. The van der Waals surface area contributed by atoms with Crippen LogP contribution in [0.1, 0.15) is 0 Å².